The molecule has 0 radical (unpaired) electrons. The van der Waals surface area contributed by atoms with Gasteiger partial charge in [-0.15, -0.1) is 0 Å². The number of likely N-dealkylation sites (tertiary alicyclic amines) is 1. The first kappa shape index (κ1) is 16.0. The van der Waals surface area contributed by atoms with Crippen LogP contribution >= 0.6 is 11.8 Å². The van der Waals surface area contributed by atoms with Crippen LogP contribution in [-0.2, 0) is 4.79 Å². The van der Waals surface area contributed by atoms with Crippen LogP contribution in [0.3, 0.4) is 0 Å². The molecule has 0 saturated carbocycles. The molecule has 3 heteroatoms. The summed E-state index contributed by atoms with van der Waals surface area (Å²) in [7, 11) is 0. The van der Waals surface area contributed by atoms with Crippen molar-refractivity contribution in [2.75, 3.05) is 13.1 Å². The minimum absolute atomic E-state index is 0.261. The van der Waals surface area contributed by atoms with E-state index in [0.717, 1.165) is 0 Å². The van der Waals surface area contributed by atoms with E-state index >= 15 is 0 Å². The standard InChI is InChI=1S/C15H29NOS/c1-11(2)14(16-9-7-6-8-10-16)15(12(3)4)18-13(5)17/h11-12,14-15H,6-10H2,1-5H3/t14-,15+/m0/s1. The van der Waals surface area contributed by atoms with Crippen LogP contribution in [-0.4, -0.2) is 34.4 Å². The van der Waals surface area contributed by atoms with E-state index in [1.54, 1.807) is 18.7 Å². The van der Waals surface area contributed by atoms with Crippen LogP contribution in [0.15, 0.2) is 0 Å². The summed E-state index contributed by atoms with van der Waals surface area (Å²) in [6.07, 6.45) is 4.01. The minimum atomic E-state index is 0.261. The number of hydrogen-bond donors (Lipinski definition) is 0. The minimum Gasteiger partial charge on any atom is -0.299 e. The summed E-state index contributed by atoms with van der Waals surface area (Å²) in [5.74, 6) is 1.16. The Bertz CT molecular complexity index is 259. The smallest absolute Gasteiger partial charge is 0.186 e. The molecular formula is C15H29NOS. The molecule has 1 aliphatic heterocycles. The van der Waals surface area contributed by atoms with Crippen LogP contribution in [0.2, 0.25) is 0 Å². The van der Waals surface area contributed by atoms with Gasteiger partial charge in [-0.25, -0.2) is 0 Å². The lowest BCUT2D eigenvalue weighted by molar-refractivity contribution is -0.109. The van der Waals surface area contributed by atoms with Gasteiger partial charge in [-0.2, -0.15) is 0 Å². The van der Waals surface area contributed by atoms with Crippen molar-refractivity contribution in [3.63, 3.8) is 0 Å². The monoisotopic (exact) mass is 271 g/mol. The van der Waals surface area contributed by atoms with Gasteiger partial charge in [0.25, 0.3) is 0 Å². The zero-order valence-electron chi connectivity index (χ0n) is 12.6. The summed E-state index contributed by atoms with van der Waals surface area (Å²) in [5.41, 5.74) is 0. The number of hydrogen-bond acceptors (Lipinski definition) is 3. The molecule has 0 amide bonds. The molecule has 0 N–H and O–H groups in total. The molecule has 0 aromatic carbocycles. The summed E-state index contributed by atoms with van der Waals surface area (Å²) in [4.78, 5) is 14.1. The van der Waals surface area contributed by atoms with E-state index in [-0.39, 0.29) is 5.12 Å². The summed E-state index contributed by atoms with van der Waals surface area (Å²) < 4.78 is 0. The molecule has 1 heterocycles. The van der Waals surface area contributed by atoms with Gasteiger partial charge in [-0.05, 0) is 37.8 Å². The third-order valence-corrected chi connectivity index (χ3v) is 5.22. The number of carbonyl (C=O) groups is 1. The second-order valence-corrected chi connectivity index (χ2v) is 7.50. The van der Waals surface area contributed by atoms with Gasteiger partial charge in [0.15, 0.2) is 5.12 Å². The lowest BCUT2D eigenvalue weighted by Gasteiger charge is -2.42. The van der Waals surface area contributed by atoms with Gasteiger partial charge in [-0.3, -0.25) is 9.69 Å². The van der Waals surface area contributed by atoms with E-state index in [2.05, 4.69) is 32.6 Å². The van der Waals surface area contributed by atoms with Crippen molar-refractivity contribution in [1.82, 2.24) is 4.90 Å². The highest BCUT2D eigenvalue weighted by Crippen LogP contribution is 2.32. The highest BCUT2D eigenvalue weighted by atomic mass is 32.2. The first-order valence-electron chi connectivity index (χ1n) is 7.34. The predicted molar refractivity (Wildman–Crippen MR) is 80.9 cm³/mol. The quantitative estimate of drug-likeness (QED) is 0.758. The van der Waals surface area contributed by atoms with E-state index in [0.29, 0.717) is 23.1 Å². The highest BCUT2D eigenvalue weighted by Gasteiger charge is 2.33. The van der Waals surface area contributed by atoms with Crippen molar-refractivity contribution in [2.24, 2.45) is 11.8 Å². The number of nitrogens with zero attached hydrogens (tertiary/aromatic N) is 1. The molecule has 0 aromatic rings. The molecule has 1 fully saturated rings. The molecule has 0 bridgehead atoms. The zero-order valence-corrected chi connectivity index (χ0v) is 13.4. The Hall–Kier alpha value is -0.0200. The molecule has 0 aromatic heterocycles. The van der Waals surface area contributed by atoms with Crippen molar-refractivity contribution in [3.8, 4) is 0 Å². The summed E-state index contributed by atoms with van der Waals surface area (Å²) in [5, 5.41) is 0.692. The zero-order chi connectivity index (χ0) is 13.7. The van der Waals surface area contributed by atoms with Gasteiger partial charge >= 0.3 is 0 Å². The molecule has 0 unspecified atom stereocenters. The maximum Gasteiger partial charge on any atom is 0.186 e. The SMILES string of the molecule is CC(=O)S[C@H](C(C)C)[C@H](C(C)C)N1CCCCC1. The molecule has 2 atom stereocenters. The van der Waals surface area contributed by atoms with E-state index in [4.69, 9.17) is 0 Å². The van der Waals surface area contributed by atoms with Crippen LogP contribution in [0.25, 0.3) is 0 Å². The average molecular weight is 271 g/mol. The summed E-state index contributed by atoms with van der Waals surface area (Å²) in [6, 6.07) is 0.541. The van der Waals surface area contributed by atoms with Crippen LogP contribution in [0.5, 0.6) is 0 Å². The molecule has 1 rings (SSSR count). The number of carbonyl (C=O) groups excluding carboxylic acids is 1. The van der Waals surface area contributed by atoms with Crippen molar-refractivity contribution in [1.29, 1.82) is 0 Å². The fourth-order valence-electron chi connectivity index (χ4n) is 3.02. The second kappa shape index (κ2) is 7.54. The number of piperidine rings is 1. The predicted octanol–water partition coefficient (Wildman–Crippen LogP) is 3.80. The Balaban J connectivity index is 2.81. The fraction of sp³-hybridized carbons (Fsp3) is 0.933. The van der Waals surface area contributed by atoms with Crippen molar-refractivity contribution in [2.45, 2.75) is 65.2 Å². The van der Waals surface area contributed by atoms with Gasteiger partial charge in [0, 0.05) is 18.2 Å². The van der Waals surface area contributed by atoms with E-state index in [1.807, 2.05) is 0 Å². The Morgan fingerprint density at radius 1 is 1.00 bits per heavy atom. The summed E-state index contributed by atoms with van der Waals surface area (Å²) in [6.45, 7) is 13.2. The van der Waals surface area contributed by atoms with Gasteiger partial charge in [0.05, 0.1) is 0 Å². The maximum atomic E-state index is 11.5. The lowest BCUT2D eigenvalue weighted by atomic mass is 9.91. The van der Waals surface area contributed by atoms with Gasteiger partial charge in [-0.1, -0.05) is 45.9 Å². The molecule has 0 aliphatic carbocycles. The van der Waals surface area contributed by atoms with Gasteiger partial charge < -0.3 is 0 Å². The van der Waals surface area contributed by atoms with Crippen LogP contribution < -0.4 is 0 Å². The topological polar surface area (TPSA) is 20.3 Å². The highest BCUT2D eigenvalue weighted by molar-refractivity contribution is 8.14. The Kier molecular flexibility index (Phi) is 6.72. The van der Waals surface area contributed by atoms with Gasteiger partial charge in [0.1, 0.15) is 0 Å². The molecule has 18 heavy (non-hydrogen) atoms. The van der Waals surface area contributed by atoms with Gasteiger partial charge in [0.2, 0.25) is 0 Å². The van der Waals surface area contributed by atoms with E-state index in [9.17, 15) is 4.79 Å². The molecule has 106 valence electrons. The van der Waals surface area contributed by atoms with Crippen LogP contribution in [0.4, 0.5) is 0 Å². The molecule has 1 aliphatic rings. The fourth-order valence-corrected chi connectivity index (χ4v) is 4.30. The molecule has 0 spiro atoms. The second-order valence-electron chi connectivity index (χ2n) is 6.15. The molecule has 2 nitrogen and oxygen atoms in total. The average Bonchev–Trinajstić information content (AvgIpc) is 2.28. The molecule has 1 saturated heterocycles. The third kappa shape index (κ3) is 4.58. The molecular weight excluding hydrogens is 242 g/mol. The largest absolute Gasteiger partial charge is 0.299 e. The van der Waals surface area contributed by atoms with Crippen LogP contribution in [0, 0.1) is 11.8 Å². The first-order valence-corrected chi connectivity index (χ1v) is 8.22. The van der Waals surface area contributed by atoms with Crippen molar-refractivity contribution >= 4 is 16.9 Å². The third-order valence-electron chi connectivity index (χ3n) is 3.79. The first-order chi connectivity index (χ1) is 8.43. The normalized spacial score (nSPS) is 21.3. The lowest BCUT2D eigenvalue weighted by Crippen LogP contribution is -2.50. The Morgan fingerprint density at radius 2 is 1.56 bits per heavy atom. The van der Waals surface area contributed by atoms with Crippen LogP contribution in [0.1, 0.15) is 53.9 Å². The maximum absolute atomic E-state index is 11.5. The van der Waals surface area contributed by atoms with E-state index < -0.39 is 0 Å². The number of rotatable bonds is 5. The Morgan fingerprint density at radius 3 is 1.94 bits per heavy atom. The Labute approximate surface area is 117 Å². The van der Waals surface area contributed by atoms with E-state index in [1.165, 1.54) is 32.4 Å². The van der Waals surface area contributed by atoms with Crippen molar-refractivity contribution in [3.05, 3.63) is 0 Å². The number of thioether (sulfide) groups is 1. The summed E-state index contributed by atoms with van der Waals surface area (Å²) >= 11 is 1.56. The van der Waals surface area contributed by atoms with Crippen molar-refractivity contribution < 1.29 is 4.79 Å².